The molecule has 1 heterocycles. The highest BCUT2D eigenvalue weighted by Gasteiger charge is 2.35. The fourth-order valence-electron chi connectivity index (χ4n) is 2.68. The lowest BCUT2D eigenvalue weighted by atomic mass is 9.93. The third-order valence-electron chi connectivity index (χ3n) is 3.82. The van der Waals surface area contributed by atoms with E-state index in [9.17, 15) is 0 Å². The molecule has 2 rings (SSSR count). The third-order valence-corrected chi connectivity index (χ3v) is 3.82. The topological polar surface area (TPSA) is 29.9 Å². The molecule has 1 aromatic heterocycles. The Balaban J connectivity index is 2.21. The Kier molecular flexibility index (Phi) is 3.87. The number of rotatable bonds is 6. The minimum Gasteiger partial charge on any atom is -0.309 e. The summed E-state index contributed by atoms with van der Waals surface area (Å²) in [7, 11) is 0. The second-order valence-electron chi connectivity index (χ2n) is 5.53. The standard InChI is InChI=1S/C14H25N3/c1-5-15-14(11(4)12-6-7-12)13-8-9-16-17(13)10(2)3/h8-12,14-15H,5-7H2,1-4H3. The Labute approximate surface area is 105 Å². The van der Waals surface area contributed by atoms with Gasteiger partial charge in [-0.25, -0.2) is 0 Å². The molecule has 1 fully saturated rings. The van der Waals surface area contributed by atoms with Crippen LogP contribution >= 0.6 is 0 Å². The first-order chi connectivity index (χ1) is 8.15. The maximum atomic E-state index is 4.46. The summed E-state index contributed by atoms with van der Waals surface area (Å²) in [4.78, 5) is 0. The quantitative estimate of drug-likeness (QED) is 0.821. The Morgan fingerprint density at radius 2 is 2.12 bits per heavy atom. The lowest BCUT2D eigenvalue weighted by Crippen LogP contribution is -2.30. The van der Waals surface area contributed by atoms with Crippen LogP contribution in [0.4, 0.5) is 0 Å². The number of aromatic nitrogens is 2. The van der Waals surface area contributed by atoms with E-state index in [0.29, 0.717) is 18.0 Å². The van der Waals surface area contributed by atoms with Crippen molar-refractivity contribution in [1.29, 1.82) is 0 Å². The molecular formula is C14H25N3. The highest BCUT2D eigenvalue weighted by molar-refractivity contribution is 5.10. The molecule has 0 amide bonds. The predicted octanol–water partition coefficient (Wildman–Crippen LogP) is 3.16. The molecule has 1 N–H and O–H groups in total. The summed E-state index contributed by atoms with van der Waals surface area (Å²) in [6.45, 7) is 9.97. The second-order valence-corrected chi connectivity index (χ2v) is 5.53. The maximum absolute atomic E-state index is 4.46. The van der Waals surface area contributed by atoms with Crippen LogP contribution in [0.1, 0.15) is 58.3 Å². The van der Waals surface area contributed by atoms with Gasteiger partial charge in [-0.2, -0.15) is 5.10 Å². The summed E-state index contributed by atoms with van der Waals surface area (Å²) < 4.78 is 2.16. The largest absolute Gasteiger partial charge is 0.309 e. The lowest BCUT2D eigenvalue weighted by Gasteiger charge is -2.26. The van der Waals surface area contributed by atoms with Crippen molar-refractivity contribution in [1.82, 2.24) is 15.1 Å². The number of nitrogens with zero attached hydrogens (tertiary/aromatic N) is 2. The Hall–Kier alpha value is -0.830. The van der Waals surface area contributed by atoms with Gasteiger partial charge < -0.3 is 5.32 Å². The average Bonchev–Trinajstić information content (AvgIpc) is 3.03. The van der Waals surface area contributed by atoms with Crippen LogP contribution in [-0.2, 0) is 0 Å². The molecule has 0 aliphatic heterocycles. The van der Waals surface area contributed by atoms with E-state index in [4.69, 9.17) is 0 Å². The molecule has 0 saturated heterocycles. The maximum Gasteiger partial charge on any atom is 0.0559 e. The molecule has 1 aliphatic rings. The Morgan fingerprint density at radius 3 is 2.65 bits per heavy atom. The van der Waals surface area contributed by atoms with Crippen molar-refractivity contribution in [3.05, 3.63) is 18.0 Å². The van der Waals surface area contributed by atoms with Gasteiger partial charge in [-0.1, -0.05) is 13.8 Å². The van der Waals surface area contributed by atoms with Gasteiger partial charge in [0.25, 0.3) is 0 Å². The monoisotopic (exact) mass is 235 g/mol. The van der Waals surface area contributed by atoms with E-state index in [0.717, 1.165) is 12.5 Å². The van der Waals surface area contributed by atoms with Crippen LogP contribution in [0.5, 0.6) is 0 Å². The summed E-state index contributed by atoms with van der Waals surface area (Å²) in [5.74, 6) is 1.62. The van der Waals surface area contributed by atoms with Crippen molar-refractivity contribution in [2.45, 2.75) is 52.6 Å². The van der Waals surface area contributed by atoms with Gasteiger partial charge in [-0.05, 0) is 51.1 Å². The molecule has 3 heteroatoms. The number of hydrogen-bond donors (Lipinski definition) is 1. The van der Waals surface area contributed by atoms with Crippen LogP contribution in [-0.4, -0.2) is 16.3 Å². The second kappa shape index (κ2) is 5.21. The average molecular weight is 235 g/mol. The van der Waals surface area contributed by atoms with Gasteiger partial charge in [0.05, 0.1) is 11.7 Å². The van der Waals surface area contributed by atoms with Crippen molar-refractivity contribution in [3.8, 4) is 0 Å². The van der Waals surface area contributed by atoms with Crippen LogP contribution in [0.3, 0.4) is 0 Å². The van der Waals surface area contributed by atoms with Gasteiger partial charge in [-0.3, -0.25) is 4.68 Å². The van der Waals surface area contributed by atoms with Crippen molar-refractivity contribution in [2.24, 2.45) is 11.8 Å². The zero-order valence-corrected chi connectivity index (χ0v) is 11.5. The van der Waals surface area contributed by atoms with E-state index in [1.165, 1.54) is 18.5 Å². The van der Waals surface area contributed by atoms with Crippen LogP contribution in [0.2, 0.25) is 0 Å². The van der Waals surface area contributed by atoms with Crippen molar-refractivity contribution in [3.63, 3.8) is 0 Å². The summed E-state index contributed by atoms with van der Waals surface area (Å²) in [5.41, 5.74) is 1.35. The number of nitrogens with one attached hydrogen (secondary N) is 1. The zero-order chi connectivity index (χ0) is 12.4. The molecule has 1 aromatic rings. The van der Waals surface area contributed by atoms with E-state index >= 15 is 0 Å². The molecule has 0 radical (unpaired) electrons. The molecule has 1 saturated carbocycles. The molecule has 3 nitrogen and oxygen atoms in total. The van der Waals surface area contributed by atoms with E-state index in [1.807, 2.05) is 6.20 Å². The third kappa shape index (κ3) is 2.71. The lowest BCUT2D eigenvalue weighted by molar-refractivity contribution is 0.327. The molecule has 1 aliphatic carbocycles. The summed E-state index contributed by atoms with van der Waals surface area (Å²) in [5, 5.41) is 8.10. The van der Waals surface area contributed by atoms with Gasteiger partial charge in [0.1, 0.15) is 0 Å². The molecule has 0 bridgehead atoms. The molecule has 0 aromatic carbocycles. The fourth-order valence-corrected chi connectivity index (χ4v) is 2.68. The molecule has 2 atom stereocenters. The first-order valence-electron chi connectivity index (χ1n) is 6.92. The van der Waals surface area contributed by atoms with E-state index < -0.39 is 0 Å². The smallest absolute Gasteiger partial charge is 0.0559 e. The first-order valence-corrected chi connectivity index (χ1v) is 6.92. The van der Waals surface area contributed by atoms with E-state index in [-0.39, 0.29) is 0 Å². The summed E-state index contributed by atoms with van der Waals surface area (Å²) in [6, 6.07) is 3.07. The SMILES string of the molecule is CCNC(c1ccnn1C(C)C)C(C)C1CC1. The van der Waals surface area contributed by atoms with Gasteiger partial charge in [0.2, 0.25) is 0 Å². The molecule has 0 spiro atoms. The molecule has 96 valence electrons. The Bertz CT molecular complexity index is 352. The van der Waals surface area contributed by atoms with Crippen LogP contribution < -0.4 is 5.32 Å². The van der Waals surface area contributed by atoms with E-state index in [1.54, 1.807) is 0 Å². The van der Waals surface area contributed by atoms with Crippen LogP contribution in [0, 0.1) is 11.8 Å². The zero-order valence-electron chi connectivity index (χ0n) is 11.5. The molecular weight excluding hydrogens is 210 g/mol. The highest BCUT2D eigenvalue weighted by Crippen LogP contribution is 2.42. The van der Waals surface area contributed by atoms with Crippen molar-refractivity contribution >= 4 is 0 Å². The van der Waals surface area contributed by atoms with Crippen molar-refractivity contribution < 1.29 is 0 Å². The summed E-state index contributed by atoms with van der Waals surface area (Å²) in [6.07, 6.45) is 4.73. The highest BCUT2D eigenvalue weighted by atomic mass is 15.3. The first kappa shape index (κ1) is 12.6. The number of hydrogen-bond acceptors (Lipinski definition) is 2. The van der Waals surface area contributed by atoms with Gasteiger partial charge in [0.15, 0.2) is 0 Å². The van der Waals surface area contributed by atoms with Gasteiger partial charge >= 0.3 is 0 Å². The van der Waals surface area contributed by atoms with Gasteiger partial charge in [-0.15, -0.1) is 0 Å². The molecule has 2 unspecified atom stereocenters. The normalized spacial score (nSPS) is 19.6. The fraction of sp³-hybridized carbons (Fsp3) is 0.786. The minimum atomic E-state index is 0.438. The predicted molar refractivity (Wildman–Crippen MR) is 70.9 cm³/mol. The van der Waals surface area contributed by atoms with Crippen LogP contribution in [0.15, 0.2) is 12.3 Å². The van der Waals surface area contributed by atoms with E-state index in [2.05, 4.69) is 48.9 Å². The Morgan fingerprint density at radius 1 is 1.41 bits per heavy atom. The van der Waals surface area contributed by atoms with Crippen molar-refractivity contribution in [2.75, 3.05) is 6.54 Å². The van der Waals surface area contributed by atoms with Gasteiger partial charge in [0, 0.05) is 12.2 Å². The summed E-state index contributed by atoms with van der Waals surface area (Å²) >= 11 is 0. The van der Waals surface area contributed by atoms with Crippen LogP contribution in [0.25, 0.3) is 0 Å². The minimum absolute atomic E-state index is 0.438. The molecule has 17 heavy (non-hydrogen) atoms.